The fraction of sp³-hybridized carbons (Fsp3) is 0.333. The fourth-order valence-corrected chi connectivity index (χ4v) is 5.63. The van der Waals surface area contributed by atoms with Crippen molar-refractivity contribution >= 4 is 38.3 Å². The van der Waals surface area contributed by atoms with Crippen molar-refractivity contribution in [1.29, 1.82) is 0 Å². The molecular formula is C21H22N2O2S2. The maximum Gasteiger partial charge on any atom is 0.255 e. The van der Waals surface area contributed by atoms with E-state index in [-0.39, 0.29) is 11.8 Å². The minimum Gasteiger partial charge on any atom is -0.338 e. The molecule has 1 saturated heterocycles. The molecule has 0 spiro atoms. The third kappa shape index (κ3) is 3.69. The maximum absolute atomic E-state index is 13.2. The molecule has 6 heteroatoms. The van der Waals surface area contributed by atoms with Crippen molar-refractivity contribution in [3.63, 3.8) is 0 Å². The molecule has 140 valence electrons. The van der Waals surface area contributed by atoms with Crippen LogP contribution in [0.4, 0.5) is 0 Å². The van der Waals surface area contributed by atoms with Crippen molar-refractivity contribution in [1.82, 2.24) is 9.88 Å². The van der Waals surface area contributed by atoms with E-state index in [2.05, 4.69) is 6.07 Å². The first-order valence-electron chi connectivity index (χ1n) is 9.29. The minimum absolute atomic E-state index is 0.0155. The topological polar surface area (TPSA) is 50.3 Å². The molecule has 0 saturated carbocycles. The Morgan fingerprint density at radius 1 is 1.22 bits per heavy atom. The lowest BCUT2D eigenvalue weighted by atomic mass is 9.98. The normalized spacial score (nSPS) is 18.6. The number of fused-ring (bicyclic) bond motifs is 1. The molecule has 1 aliphatic heterocycles. The van der Waals surface area contributed by atoms with Gasteiger partial charge in [0.15, 0.2) is 0 Å². The van der Waals surface area contributed by atoms with E-state index in [1.807, 2.05) is 48.2 Å². The van der Waals surface area contributed by atoms with Gasteiger partial charge in [-0.1, -0.05) is 31.2 Å². The van der Waals surface area contributed by atoms with Crippen molar-refractivity contribution in [2.24, 2.45) is 0 Å². The molecule has 0 N–H and O–H groups in total. The third-order valence-corrected chi connectivity index (χ3v) is 7.56. The highest BCUT2D eigenvalue weighted by Gasteiger charge is 2.29. The van der Waals surface area contributed by atoms with Crippen LogP contribution < -0.4 is 0 Å². The van der Waals surface area contributed by atoms with Crippen LogP contribution in [-0.4, -0.2) is 38.8 Å². The molecule has 4 rings (SSSR count). The summed E-state index contributed by atoms with van der Waals surface area (Å²) in [6.07, 6.45) is 2.01. The largest absolute Gasteiger partial charge is 0.338 e. The quantitative estimate of drug-likeness (QED) is 0.653. The van der Waals surface area contributed by atoms with Crippen LogP contribution in [0.5, 0.6) is 0 Å². The van der Waals surface area contributed by atoms with Gasteiger partial charge in [-0.3, -0.25) is 9.00 Å². The molecule has 0 unspecified atom stereocenters. The molecule has 2 heterocycles. The Labute approximate surface area is 165 Å². The summed E-state index contributed by atoms with van der Waals surface area (Å²) in [5, 5.41) is 1.11. The number of hydrogen-bond acceptors (Lipinski definition) is 4. The van der Waals surface area contributed by atoms with Gasteiger partial charge < -0.3 is 4.90 Å². The first-order chi connectivity index (χ1) is 13.2. The molecule has 2 aromatic carbocycles. The van der Waals surface area contributed by atoms with Crippen LogP contribution in [0.25, 0.3) is 10.2 Å². The molecule has 1 aromatic heterocycles. The lowest BCUT2D eigenvalue weighted by molar-refractivity contribution is 0.0703. The number of carbonyl (C=O) groups excluding carboxylic acids is 1. The second-order valence-electron chi connectivity index (χ2n) is 6.74. The zero-order valence-corrected chi connectivity index (χ0v) is 16.9. The fourth-order valence-electron chi connectivity index (χ4n) is 3.60. The molecule has 27 heavy (non-hydrogen) atoms. The van der Waals surface area contributed by atoms with Crippen LogP contribution in [0.2, 0.25) is 0 Å². The van der Waals surface area contributed by atoms with E-state index >= 15 is 0 Å². The van der Waals surface area contributed by atoms with Crippen LogP contribution in [0.1, 0.15) is 41.0 Å². The Hall–Kier alpha value is -2.05. The van der Waals surface area contributed by atoms with Crippen molar-refractivity contribution in [2.45, 2.75) is 30.6 Å². The summed E-state index contributed by atoms with van der Waals surface area (Å²) in [5.74, 6) is 0.765. The standard InChI is InChI=1S/C21H22N2O2S2/c1-2-27(25)19-12-6-3-9-16(19)21(24)23-13-7-8-15(14-23)20-22-17-10-4-5-11-18(17)26-20/h3-6,9-12,15H,2,7-8,13-14H2,1H3/t15-,27+/m1/s1. The van der Waals surface area contributed by atoms with E-state index in [1.54, 1.807) is 17.4 Å². The van der Waals surface area contributed by atoms with Gasteiger partial charge >= 0.3 is 0 Å². The minimum atomic E-state index is -1.14. The number of rotatable bonds is 4. The molecule has 4 nitrogen and oxygen atoms in total. The number of piperidine rings is 1. The van der Waals surface area contributed by atoms with Crippen LogP contribution in [0, 0.1) is 0 Å². The second-order valence-corrected chi connectivity index (χ2v) is 9.51. The van der Waals surface area contributed by atoms with E-state index in [1.165, 1.54) is 4.70 Å². The third-order valence-electron chi connectivity index (χ3n) is 4.99. The highest BCUT2D eigenvalue weighted by atomic mass is 32.2. The van der Waals surface area contributed by atoms with E-state index in [0.717, 1.165) is 29.9 Å². The number of aromatic nitrogens is 1. The van der Waals surface area contributed by atoms with E-state index in [4.69, 9.17) is 4.98 Å². The predicted octanol–water partition coefficient (Wildman–Crippen LogP) is 4.44. The monoisotopic (exact) mass is 398 g/mol. The average molecular weight is 399 g/mol. The number of nitrogens with zero attached hydrogens (tertiary/aromatic N) is 2. The van der Waals surface area contributed by atoms with Gasteiger partial charge in [-0.05, 0) is 37.1 Å². The van der Waals surface area contributed by atoms with Gasteiger partial charge in [0.25, 0.3) is 5.91 Å². The van der Waals surface area contributed by atoms with Gasteiger partial charge in [0.1, 0.15) is 0 Å². The Bertz CT molecular complexity index is 966. The van der Waals surface area contributed by atoms with Crippen LogP contribution >= 0.6 is 11.3 Å². The molecule has 0 radical (unpaired) electrons. The number of hydrogen-bond donors (Lipinski definition) is 0. The first kappa shape index (κ1) is 18.3. The summed E-state index contributed by atoms with van der Waals surface area (Å²) < 4.78 is 13.5. The van der Waals surface area contributed by atoms with E-state index < -0.39 is 10.8 Å². The lowest BCUT2D eigenvalue weighted by Gasteiger charge is -2.32. The zero-order chi connectivity index (χ0) is 18.8. The summed E-state index contributed by atoms with van der Waals surface area (Å²) in [6.45, 7) is 3.29. The van der Waals surface area contributed by atoms with E-state index in [9.17, 15) is 9.00 Å². The van der Waals surface area contributed by atoms with Crippen molar-refractivity contribution < 1.29 is 9.00 Å². The SMILES string of the molecule is CC[S@](=O)c1ccccc1C(=O)N1CCC[C@@H](c2nc3ccccc3s2)C1. The summed E-state index contributed by atoms with van der Waals surface area (Å²) >= 11 is 1.73. The van der Waals surface area contributed by atoms with Gasteiger partial charge in [-0.15, -0.1) is 11.3 Å². The summed E-state index contributed by atoms with van der Waals surface area (Å²) in [4.78, 5) is 20.5. The molecule has 3 aromatic rings. The number of carbonyl (C=O) groups is 1. The predicted molar refractivity (Wildman–Crippen MR) is 111 cm³/mol. The van der Waals surface area contributed by atoms with Crippen LogP contribution in [-0.2, 0) is 10.8 Å². The van der Waals surface area contributed by atoms with E-state index in [0.29, 0.717) is 22.8 Å². The molecule has 1 amide bonds. The number of likely N-dealkylation sites (tertiary alicyclic amines) is 1. The molecule has 0 aliphatic carbocycles. The first-order valence-corrected chi connectivity index (χ1v) is 11.4. The van der Waals surface area contributed by atoms with Gasteiger partial charge in [-0.25, -0.2) is 4.98 Å². The average Bonchev–Trinajstić information content (AvgIpc) is 3.17. The molecular weight excluding hydrogens is 376 g/mol. The van der Waals surface area contributed by atoms with Crippen molar-refractivity contribution in [2.75, 3.05) is 18.8 Å². The van der Waals surface area contributed by atoms with Crippen molar-refractivity contribution in [3.05, 3.63) is 59.1 Å². The van der Waals surface area contributed by atoms with Crippen LogP contribution in [0.3, 0.4) is 0 Å². The maximum atomic E-state index is 13.2. The zero-order valence-electron chi connectivity index (χ0n) is 15.3. The lowest BCUT2D eigenvalue weighted by Crippen LogP contribution is -2.39. The number of para-hydroxylation sites is 1. The van der Waals surface area contributed by atoms with Gasteiger partial charge in [-0.2, -0.15) is 0 Å². The second kappa shape index (κ2) is 7.90. The van der Waals surface area contributed by atoms with Crippen LogP contribution in [0.15, 0.2) is 53.4 Å². The Balaban J connectivity index is 1.58. The van der Waals surface area contributed by atoms with Gasteiger partial charge in [0, 0.05) is 24.8 Å². The molecule has 2 atom stereocenters. The number of benzene rings is 2. The molecule has 1 fully saturated rings. The highest BCUT2D eigenvalue weighted by Crippen LogP contribution is 2.33. The Morgan fingerprint density at radius 3 is 2.81 bits per heavy atom. The Kier molecular flexibility index (Phi) is 5.36. The van der Waals surface area contributed by atoms with Gasteiger partial charge in [0.05, 0.1) is 36.5 Å². The van der Waals surface area contributed by atoms with Gasteiger partial charge in [0.2, 0.25) is 0 Å². The smallest absolute Gasteiger partial charge is 0.255 e. The number of thiazole rings is 1. The highest BCUT2D eigenvalue weighted by molar-refractivity contribution is 7.85. The summed E-state index contributed by atoms with van der Waals surface area (Å²) in [6, 6.07) is 15.5. The molecule has 1 aliphatic rings. The van der Waals surface area contributed by atoms with Crippen molar-refractivity contribution in [3.8, 4) is 0 Å². The summed E-state index contributed by atoms with van der Waals surface area (Å²) in [5.41, 5.74) is 1.60. The number of amides is 1. The Morgan fingerprint density at radius 2 is 2.00 bits per heavy atom. The summed E-state index contributed by atoms with van der Waals surface area (Å²) in [7, 11) is -1.14. The molecule has 0 bridgehead atoms.